The lowest BCUT2D eigenvalue weighted by atomic mass is 9.88. The number of hydrogen-bond donors (Lipinski definition) is 3. The highest BCUT2D eigenvalue weighted by molar-refractivity contribution is 7.08. The van der Waals surface area contributed by atoms with Gasteiger partial charge in [0, 0.05) is 28.2 Å². The molecule has 0 saturated heterocycles. The van der Waals surface area contributed by atoms with E-state index < -0.39 is 0 Å². The molecule has 1 aliphatic rings. The average molecular weight is 445 g/mol. The lowest BCUT2D eigenvalue weighted by molar-refractivity contribution is -0.120. The summed E-state index contributed by atoms with van der Waals surface area (Å²) in [5.74, 6) is 0.870. The Morgan fingerprint density at radius 1 is 0.938 bits per heavy atom. The number of benzene rings is 2. The smallest absolute Gasteiger partial charge is 0.256 e. The topological polar surface area (TPSA) is 86.9 Å². The zero-order valence-corrected chi connectivity index (χ0v) is 18.4. The molecule has 4 aromatic rings. The Labute approximate surface area is 190 Å². The van der Waals surface area contributed by atoms with Crippen molar-refractivity contribution in [1.82, 2.24) is 9.97 Å². The zero-order valence-electron chi connectivity index (χ0n) is 17.6. The highest BCUT2D eigenvalue weighted by atomic mass is 32.1. The Kier molecular flexibility index (Phi) is 5.73. The van der Waals surface area contributed by atoms with E-state index in [0.717, 1.165) is 53.8 Å². The first-order valence-corrected chi connectivity index (χ1v) is 11.8. The zero-order chi connectivity index (χ0) is 21.9. The molecule has 32 heavy (non-hydrogen) atoms. The monoisotopic (exact) mass is 444 g/mol. The van der Waals surface area contributed by atoms with Crippen LogP contribution in [0, 0.1) is 5.92 Å². The predicted octanol–water partition coefficient (Wildman–Crippen LogP) is 6.06. The highest BCUT2D eigenvalue weighted by Gasteiger charge is 2.21. The van der Waals surface area contributed by atoms with Crippen LogP contribution in [0.5, 0.6) is 0 Å². The van der Waals surface area contributed by atoms with Crippen LogP contribution in [0.25, 0.3) is 22.4 Å². The number of carbonyl (C=O) groups excluding carboxylic acids is 2. The summed E-state index contributed by atoms with van der Waals surface area (Å²) < 4.78 is 0. The molecule has 1 fully saturated rings. The second-order valence-corrected chi connectivity index (χ2v) is 8.97. The number of nitrogens with one attached hydrogen (secondary N) is 3. The third-order valence-electron chi connectivity index (χ3n) is 5.92. The van der Waals surface area contributed by atoms with Crippen LogP contribution in [0.1, 0.15) is 42.5 Å². The van der Waals surface area contributed by atoms with Gasteiger partial charge in [0.25, 0.3) is 5.91 Å². The molecular weight excluding hydrogens is 420 g/mol. The number of nitrogens with zero attached hydrogens (tertiary/aromatic N) is 1. The van der Waals surface area contributed by atoms with E-state index in [-0.39, 0.29) is 17.7 Å². The van der Waals surface area contributed by atoms with E-state index in [1.165, 1.54) is 17.8 Å². The maximum Gasteiger partial charge on any atom is 0.256 e. The fourth-order valence-corrected chi connectivity index (χ4v) is 4.78. The number of aromatic nitrogens is 2. The number of fused-ring (bicyclic) bond motifs is 1. The number of H-pyrrole nitrogens is 1. The van der Waals surface area contributed by atoms with Gasteiger partial charge in [-0.3, -0.25) is 9.59 Å². The molecule has 1 aliphatic carbocycles. The van der Waals surface area contributed by atoms with Crippen molar-refractivity contribution < 1.29 is 9.59 Å². The summed E-state index contributed by atoms with van der Waals surface area (Å²) in [5.41, 5.74) is 4.77. The van der Waals surface area contributed by atoms with Crippen LogP contribution in [0.3, 0.4) is 0 Å². The van der Waals surface area contributed by atoms with Crippen molar-refractivity contribution in [3.63, 3.8) is 0 Å². The van der Waals surface area contributed by atoms with Gasteiger partial charge in [0.1, 0.15) is 5.82 Å². The minimum Gasteiger partial charge on any atom is -0.338 e. The fraction of sp³-hybridized carbons (Fsp3) is 0.240. The highest BCUT2D eigenvalue weighted by Crippen LogP contribution is 2.27. The molecular formula is C25H24N4O2S. The predicted molar refractivity (Wildman–Crippen MR) is 129 cm³/mol. The molecule has 0 aliphatic heterocycles. The van der Waals surface area contributed by atoms with Gasteiger partial charge in [-0.1, -0.05) is 19.3 Å². The van der Waals surface area contributed by atoms with E-state index in [4.69, 9.17) is 0 Å². The number of imidazole rings is 1. The Bertz CT molecular complexity index is 1240. The van der Waals surface area contributed by atoms with E-state index in [9.17, 15) is 9.59 Å². The number of anilines is 2. The Morgan fingerprint density at radius 3 is 2.47 bits per heavy atom. The quantitative estimate of drug-likeness (QED) is 0.349. The molecule has 2 heterocycles. The molecule has 3 N–H and O–H groups in total. The van der Waals surface area contributed by atoms with Crippen molar-refractivity contribution >= 4 is 45.6 Å². The van der Waals surface area contributed by atoms with E-state index >= 15 is 0 Å². The molecule has 0 bridgehead atoms. The van der Waals surface area contributed by atoms with Gasteiger partial charge in [0.15, 0.2) is 0 Å². The standard InChI is InChI=1S/C25H24N4O2S/c30-24(17-4-2-1-3-5-17)26-19-8-6-16(7-9-19)23-28-21-11-10-20(14-22(21)29-23)27-25(31)18-12-13-32-15-18/h6-15,17H,1-5H2,(H,26,30)(H,27,31)(H,28,29). The van der Waals surface area contributed by atoms with Gasteiger partial charge in [0.05, 0.1) is 16.6 Å². The Hall–Kier alpha value is -3.45. The lowest BCUT2D eigenvalue weighted by Crippen LogP contribution is -2.24. The first-order valence-electron chi connectivity index (χ1n) is 10.9. The molecule has 2 aromatic heterocycles. The Balaban J connectivity index is 1.29. The maximum atomic E-state index is 12.5. The lowest BCUT2D eigenvalue weighted by Gasteiger charge is -2.20. The number of amides is 2. The number of thiophene rings is 1. The molecule has 0 atom stereocenters. The molecule has 2 amide bonds. The first-order chi connectivity index (χ1) is 15.7. The van der Waals surface area contributed by atoms with Crippen LogP contribution in [0.2, 0.25) is 0 Å². The third-order valence-corrected chi connectivity index (χ3v) is 6.61. The van der Waals surface area contributed by atoms with Crippen LogP contribution in [0.15, 0.2) is 59.3 Å². The number of hydrogen-bond acceptors (Lipinski definition) is 4. The minimum atomic E-state index is -0.129. The normalized spacial score (nSPS) is 14.4. The van der Waals surface area contributed by atoms with Gasteiger partial charge >= 0.3 is 0 Å². The van der Waals surface area contributed by atoms with E-state index in [0.29, 0.717) is 11.3 Å². The van der Waals surface area contributed by atoms with Crippen molar-refractivity contribution in [3.05, 3.63) is 64.9 Å². The molecule has 162 valence electrons. The third kappa shape index (κ3) is 4.43. The summed E-state index contributed by atoms with van der Waals surface area (Å²) in [6.45, 7) is 0. The van der Waals surface area contributed by atoms with Crippen molar-refractivity contribution in [2.24, 2.45) is 5.92 Å². The summed E-state index contributed by atoms with van der Waals surface area (Å²) >= 11 is 1.49. The van der Waals surface area contributed by atoms with Gasteiger partial charge in [-0.25, -0.2) is 4.98 Å². The maximum absolute atomic E-state index is 12.5. The number of rotatable bonds is 5. The summed E-state index contributed by atoms with van der Waals surface area (Å²) in [6, 6.07) is 15.1. The second kappa shape index (κ2) is 8.96. The molecule has 0 radical (unpaired) electrons. The van der Waals surface area contributed by atoms with Gasteiger partial charge in [0.2, 0.25) is 5.91 Å². The van der Waals surface area contributed by atoms with E-state index in [1.807, 2.05) is 53.2 Å². The molecule has 7 heteroatoms. The van der Waals surface area contributed by atoms with Gasteiger partial charge in [-0.05, 0) is 66.8 Å². The molecule has 0 unspecified atom stereocenters. The van der Waals surface area contributed by atoms with Gasteiger partial charge < -0.3 is 15.6 Å². The molecule has 5 rings (SSSR count). The molecule has 2 aromatic carbocycles. The van der Waals surface area contributed by atoms with Crippen molar-refractivity contribution in [2.75, 3.05) is 10.6 Å². The van der Waals surface area contributed by atoms with Crippen LogP contribution in [-0.4, -0.2) is 21.8 Å². The number of aromatic amines is 1. The summed E-state index contributed by atoms with van der Waals surface area (Å²) in [5, 5.41) is 9.67. The van der Waals surface area contributed by atoms with E-state index in [2.05, 4.69) is 20.6 Å². The van der Waals surface area contributed by atoms with Gasteiger partial charge in [-0.2, -0.15) is 11.3 Å². The summed E-state index contributed by atoms with van der Waals surface area (Å²) in [7, 11) is 0. The molecule has 0 spiro atoms. The van der Waals surface area contributed by atoms with Crippen molar-refractivity contribution in [2.45, 2.75) is 32.1 Å². The van der Waals surface area contributed by atoms with Crippen molar-refractivity contribution in [1.29, 1.82) is 0 Å². The van der Waals surface area contributed by atoms with Crippen molar-refractivity contribution in [3.8, 4) is 11.4 Å². The van der Waals surface area contributed by atoms with Crippen LogP contribution in [-0.2, 0) is 4.79 Å². The largest absolute Gasteiger partial charge is 0.338 e. The Morgan fingerprint density at radius 2 is 1.72 bits per heavy atom. The SMILES string of the molecule is O=C(Nc1ccc2nc(-c3ccc(NC(=O)C4CCCCC4)cc3)[nH]c2c1)c1ccsc1. The van der Waals surface area contributed by atoms with Crippen LogP contribution < -0.4 is 10.6 Å². The fourth-order valence-electron chi connectivity index (χ4n) is 4.14. The minimum absolute atomic E-state index is 0.123. The number of carbonyl (C=O) groups is 2. The first kappa shape index (κ1) is 20.5. The van der Waals surface area contributed by atoms with Gasteiger partial charge in [-0.15, -0.1) is 0 Å². The molecule has 6 nitrogen and oxygen atoms in total. The summed E-state index contributed by atoms with van der Waals surface area (Å²) in [4.78, 5) is 32.7. The average Bonchev–Trinajstić information content (AvgIpc) is 3.50. The van der Waals surface area contributed by atoms with Crippen LogP contribution in [0.4, 0.5) is 11.4 Å². The summed E-state index contributed by atoms with van der Waals surface area (Å²) in [6.07, 6.45) is 5.49. The second-order valence-electron chi connectivity index (χ2n) is 8.19. The van der Waals surface area contributed by atoms with Crippen LogP contribution >= 0.6 is 11.3 Å². The molecule has 1 saturated carbocycles. The van der Waals surface area contributed by atoms with E-state index in [1.54, 1.807) is 6.07 Å².